The standard InChI is InChI=1S/C62H127N2O6P/c1-6-8-10-12-14-16-18-20-21-22-23-24-25-26-27-28-29-30-31-32-33-34-35-36-37-38-39-40-41-42-43-44-46-48-50-52-54-56-62(66)63-60(59-70-71(67,68)69-58-57-64(3,4)5)61(65)55-53-51-49-47-45-19-17-15-13-11-9-7-2/h60-61,65H,6-59H2,1-5H3,(H-,63,66,67,68)/p+1. The molecule has 0 saturated carbocycles. The van der Waals surface area contributed by atoms with Crippen LogP contribution in [0.4, 0.5) is 0 Å². The molecule has 0 aromatic heterocycles. The van der Waals surface area contributed by atoms with Gasteiger partial charge in [-0.3, -0.25) is 13.8 Å². The summed E-state index contributed by atoms with van der Waals surface area (Å²) in [6, 6.07) is -0.754. The van der Waals surface area contributed by atoms with Crippen LogP contribution in [0.3, 0.4) is 0 Å². The molecule has 9 heteroatoms. The van der Waals surface area contributed by atoms with Gasteiger partial charge in [0.2, 0.25) is 5.91 Å². The summed E-state index contributed by atoms with van der Waals surface area (Å²) in [7, 11) is 1.64. The molecule has 0 bridgehead atoms. The number of aliphatic hydroxyl groups excluding tert-OH is 1. The van der Waals surface area contributed by atoms with Gasteiger partial charge in [-0.25, -0.2) is 4.57 Å². The molecule has 0 aromatic carbocycles. The molecular weight excluding hydrogens is 900 g/mol. The highest BCUT2D eigenvalue weighted by Crippen LogP contribution is 2.43. The van der Waals surface area contributed by atoms with Crippen molar-refractivity contribution >= 4 is 13.7 Å². The van der Waals surface area contributed by atoms with E-state index in [0.717, 1.165) is 38.5 Å². The number of hydrogen-bond donors (Lipinski definition) is 3. The first kappa shape index (κ1) is 70.5. The predicted molar refractivity (Wildman–Crippen MR) is 309 cm³/mol. The van der Waals surface area contributed by atoms with Crippen LogP contribution >= 0.6 is 7.82 Å². The maximum Gasteiger partial charge on any atom is 0.472 e. The van der Waals surface area contributed by atoms with E-state index in [1.807, 2.05) is 21.1 Å². The maximum atomic E-state index is 13.0. The molecule has 71 heavy (non-hydrogen) atoms. The molecule has 0 aliphatic heterocycles. The van der Waals surface area contributed by atoms with Crippen LogP contribution in [0.1, 0.15) is 341 Å². The smallest absolute Gasteiger partial charge is 0.391 e. The van der Waals surface area contributed by atoms with Gasteiger partial charge >= 0.3 is 7.82 Å². The Bertz CT molecular complexity index is 1120. The molecule has 8 nitrogen and oxygen atoms in total. The van der Waals surface area contributed by atoms with Crippen molar-refractivity contribution in [1.29, 1.82) is 0 Å². The third-order valence-electron chi connectivity index (χ3n) is 15.1. The summed E-state index contributed by atoms with van der Waals surface area (Å²) in [5.74, 6) is -0.137. The van der Waals surface area contributed by atoms with Gasteiger partial charge in [-0.15, -0.1) is 0 Å². The number of carbonyl (C=O) groups excluding carboxylic acids is 1. The second kappa shape index (κ2) is 54.3. The quantitative estimate of drug-likeness (QED) is 0.0318. The SMILES string of the molecule is CCCCCCCCCCCCCCCCCCCCCCCCCCCCCCCCCCCCCCCC(=O)NC(COP(=O)(O)OCC[N+](C)(C)C)C(O)CCCCCCCCCCCCCC. The van der Waals surface area contributed by atoms with Crippen molar-refractivity contribution in [2.24, 2.45) is 0 Å². The molecule has 3 N–H and O–H groups in total. The zero-order valence-electron chi connectivity index (χ0n) is 48.8. The molecule has 0 fully saturated rings. The fraction of sp³-hybridized carbons (Fsp3) is 0.984. The zero-order valence-corrected chi connectivity index (χ0v) is 49.7. The highest BCUT2D eigenvalue weighted by molar-refractivity contribution is 7.47. The Balaban J connectivity index is 3.81. The van der Waals surface area contributed by atoms with E-state index in [0.29, 0.717) is 23.9 Å². The average Bonchev–Trinajstić information content (AvgIpc) is 3.33. The number of unbranched alkanes of at least 4 members (excludes halogenated alkanes) is 47. The molecule has 0 rings (SSSR count). The summed E-state index contributed by atoms with van der Waals surface area (Å²) in [6.45, 7) is 4.93. The van der Waals surface area contributed by atoms with Gasteiger partial charge in [-0.05, 0) is 12.8 Å². The van der Waals surface area contributed by atoms with Gasteiger partial charge in [0, 0.05) is 6.42 Å². The third-order valence-corrected chi connectivity index (χ3v) is 16.1. The van der Waals surface area contributed by atoms with E-state index in [9.17, 15) is 19.4 Å². The topological polar surface area (TPSA) is 105 Å². The van der Waals surface area contributed by atoms with Crippen molar-refractivity contribution in [1.82, 2.24) is 5.32 Å². The number of phosphoric ester groups is 1. The van der Waals surface area contributed by atoms with Crippen LogP contribution in [0.5, 0.6) is 0 Å². The summed E-state index contributed by atoms with van der Waals surface area (Å²) in [5, 5.41) is 14.0. The normalized spacial score (nSPS) is 13.7. The van der Waals surface area contributed by atoms with Gasteiger partial charge in [0.1, 0.15) is 13.2 Å². The second-order valence-electron chi connectivity index (χ2n) is 23.5. The number of hydrogen-bond acceptors (Lipinski definition) is 5. The lowest BCUT2D eigenvalue weighted by molar-refractivity contribution is -0.870. The van der Waals surface area contributed by atoms with E-state index in [4.69, 9.17) is 9.05 Å². The van der Waals surface area contributed by atoms with Crippen LogP contribution in [0, 0.1) is 0 Å². The lowest BCUT2D eigenvalue weighted by Gasteiger charge is -2.26. The Morgan fingerprint density at radius 2 is 0.676 bits per heavy atom. The highest BCUT2D eigenvalue weighted by Gasteiger charge is 2.28. The molecule has 0 aromatic rings. The summed E-state index contributed by atoms with van der Waals surface area (Å²) in [5.41, 5.74) is 0. The lowest BCUT2D eigenvalue weighted by Crippen LogP contribution is -2.46. The van der Waals surface area contributed by atoms with Crippen LogP contribution in [0.15, 0.2) is 0 Å². The van der Waals surface area contributed by atoms with Crippen molar-refractivity contribution in [2.75, 3.05) is 40.9 Å². The summed E-state index contributed by atoms with van der Waals surface area (Å²) < 4.78 is 23.7. The van der Waals surface area contributed by atoms with Crippen LogP contribution in [0.2, 0.25) is 0 Å². The van der Waals surface area contributed by atoms with E-state index in [1.165, 1.54) is 276 Å². The number of nitrogens with one attached hydrogen (secondary N) is 1. The number of rotatable bonds is 60. The Morgan fingerprint density at radius 3 is 0.944 bits per heavy atom. The van der Waals surface area contributed by atoms with Gasteiger partial charge < -0.3 is 19.8 Å². The first-order chi connectivity index (χ1) is 34.5. The van der Waals surface area contributed by atoms with Crippen molar-refractivity contribution in [3.8, 4) is 0 Å². The summed E-state index contributed by atoms with van der Waals surface area (Å²) in [6.07, 6.45) is 66.4. The van der Waals surface area contributed by atoms with Crippen LogP contribution in [-0.4, -0.2) is 73.4 Å². The Morgan fingerprint density at radius 1 is 0.423 bits per heavy atom. The minimum atomic E-state index is -4.31. The average molecular weight is 1030 g/mol. The monoisotopic (exact) mass is 1030 g/mol. The largest absolute Gasteiger partial charge is 0.472 e. The molecule has 426 valence electrons. The molecule has 3 atom stereocenters. The van der Waals surface area contributed by atoms with E-state index in [-0.39, 0.29) is 19.1 Å². The van der Waals surface area contributed by atoms with Crippen LogP contribution in [-0.2, 0) is 18.4 Å². The minimum Gasteiger partial charge on any atom is -0.391 e. The first-order valence-corrected chi connectivity index (χ1v) is 33.4. The molecule has 3 unspecified atom stereocenters. The zero-order chi connectivity index (χ0) is 52.0. The Labute approximate surface area is 444 Å². The van der Waals surface area contributed by atoms with E-state index in [1.54, 1.807) is 0 Å². The van der Waals surface area contributed by atoms with E-state index < -0.39 is 20.0 Å². The number of nitrogens with zero attached hydrogens (tertiary/aromatic N) is 1. The fourth-order valence-corrected chi connectivity index (χ4v) is 10.8. The number of carbonyl (C=O) groups is 1. The van der Waals surface area contributed by atoms with E-state index >= 15 is 0 Å². The molecule has 0 aliphatic rings. The highest BCUT2D eigenvalue weighted by atomic mass is 31.2. The molecular formula is C62H128N2O6P+. The fourth-order valence-electron chi connectivity index (χ4n) is 10.1. The van der Waals surface area contributed by atoms with Gasteiger partial charge in [0.15, 0.2) is 0 Å². The van der Waals surface area contributed by atoms with Crippen LogP contribution < -0.4 is 5.32 Å². The molecule has 0 aliphatic carbocycles. The van der Waals surface area contributed by atoms with Gasteiger partial charge in [-0.2, -0.15) is 0 Å². The van der Waals surface area contributed by atoms with Gasteiger partial charge in [-0.1, -0.05) is 322 Å². The number of quaternary nitrogens is 1. The maximum absolute atomic E-state index is 13.0. The second-order valence-corrected chi connectivity index (χ2v) is 25.0. The molecule has 0 heterocycles. The molecule has 1 amide bonds. The van der Waals surface area contributed by atoms with Crippen LogP contribution in [0.25, 0.3) is 0 Å². The van der Waals surface area contributed by atoms with Crippen molar-refractivity contribution in [3.63, 3.8) is 0 Å². The number of phosphoric acid groups is 1. The van der Waals surface area contributed by atoms with Crippen molar-refractivity contribution in [2.45, 2.75) is 353 Å². The number of aliphatic hydroxyl groups is 1. The molecule has 0 saturated heterocycles. The van der Waals surface area contributed by atoms with Crippen molar-refractivity contribution in [3.05, 3.63) is 0 Å². The van der Waals surface area contributed by atoms with E-state index in [2.05, 4.69) is 19.2 Å². The predicted octanol–water partition coefficient (Wildman–Crippen LogP) is 19.6. The minimum absolute atomic E-state index is 0.0789. The number of amides is 1. The molecule has 0 spiro atoms. The molecule has 0 radical (unpaired) electrons. The lowest BCUT2D eigenvalue weighted by atomic mass is 10.0. The van der Waals surface area contributed by atoms with Crippen molar-refractivity contribution < 1.29 is 32.9 Å². The van der Waals surface area contributed by atoms with Gasteiger partial charge in [0.05, 0.1) is 39.9 Å². The van der Waals surface area contributed by atoms with Gasteiger partial charge in [0.25, 0.3) is 0 Å². The summed E-state index contributed by atoms with van der Waals surface area (Å²) in [4.78, 5) is 23.3. The first-order valence-electron chi connectivity index (χ1n) is 31.9. The number of likely N-dealkylation sites (N-methyl/N-ethyl adjacent to an activating group) is 1. The Hall–Kier alpha value is -0.500. The Kier molecular flexibility index (Phi) is 53.9. The summed E-state index contributed by atoms with van der Waals surface area (Å²) >= 11 is 0. The third kappa shape index (κ3) is 57.1.